The number of likely N-dealkylation sites (tertiary alicyclic amines) is 1. The zero-order valence-electron chi connectivity index (χ0n) is 10.1. The lowest BCUT2D eigenvalue weighted by molar-refractivity contribution is -0.154. The highest BCUT2D eigenvalue weighted by atomic mass is 16.5. The van der Waals surface area contributed by atoms with Crippen LogP contribution >= 0.6 is 0 Å². The predicted octanol–water partition coefficient (Wildman–Crippen LogP) is -0.288. The monoisotopic (exact) mass is 253 g/mol. The molecule has 0 aromatic heterocycles. The van der Waals surface area contributed by atoms with E-state index in [1.165, 1.54) is 0 Å². The van der Waals surface area contributed by atoms with Crippen molar-refractivity contribution in [1.29, 1.82) is 0 Å². The molecule has 0 aliphatic carbocycles. The molecule has 3 saturated heterocycles. The van der Waals surface area contributed by atoms with Gasteiger partial charge in [0.15, 0.2) is 0 Å². The highest BCUT2D eigenvalue weighted by Crippen LogP contribution is 2.48. The van der Waals surface area contributed by atoms with Gasteiger partial charge in [0.05, 0.1) is 30.7 Å². The normalized spacial score (nSPS) is 37.3. The topological polar surface area (TPSA) is 72.9 Å². The summed E-state index contributed by atoms with van der Waals surface area (Å²) < 4.78 is 10.4. The first-order valence-electron chi connectivity index (χ1n) is 6.29. The van der Waals surface area contributed by atoms with E-state index in [0.29, 0.717) is 0 Å². The molecule has 98 valence electrons. The summed E-state index contributed by atoms with van der Waals surface area (Å²) in [4.78, 5) is 36.7. The van der Waals surface area contributed by atoms with Crippen LogP contribution in [-0.4, -0.2) is 48.0 Å². The molecule has 2 bridgehead atoms. The Morgan fingerprint density at radius 2 is 1.83 bits per heavy atom. The van der Waals surface area contributed by atoms with E-state index < -0.39 is 5.97 Å². The number of imide groups is 1. The summed E-state index contributed by atoms with van der Waals surface area (Å²) in [6, 6.07) is 0. The van der Waals surface area contributed by atoms with Crippen LogP contribution in [0.1, 0.15) is 19.8 Å². The van der Waals surface area contributed by atoms with E-state index in [2.05, 4.69) is 0 Å². The number of ether oxygens (including phenoxy) is 2. The van der Waals surface area contributed by atoms with Crippen molar-refractivity contribution in [3.8, 4) is 0 Å². The zero-order valence-corrected chi connectivity index (χ0v) is 10.1. The van der Waals surface area contributed by atoms with Crippen molar-refractivity contribution in [3.63, 3.8) is 0 Å². The second-order valence-electron chi connectivity index (χ2n) is 4.91. The largest absolute Gasteiger partial charge is 0.465 e. The summed E-state index contributed by atoms with van der Waals surface area (Å²) in [5.74, 6) is -1.82. The Bertz CT molecular complexity index is 393. The Morgan fingerprint density at radius 3 is 2.33 bits per heavy atom. The maximum Gasteiger partial charge on any atom is 0.326 e. The van der Waals surface area contributed by atoms with Gasteiger partial charge in [-0.3, -0.25) is 19.3 Å². The summed E-state index contributed by atoms with van der Waals surface area (Å²) in [5.41, 5.74) is 0. The van der Waals surface area contributed by atoms with E-state index in [0.717, 1.165) is 17.7 Å². The smallest absolute Gasteiger partial charge is 0.326 e. The van der Waals surface area contributed by atoms with Gasteiger partial charge in [-0.25, -0.2) is 0 Å². The predicted molar refractivity (Wildman–Crippen MR) is 58.2 cm³/mol. The SMILES string of the molecule is CCOC(=O)CN1C(=O)C2C3CCC(O3)C2C1=O. The molecule has 2 amide bonds. The fourth-order valence-electron chi connectivity index (χ4n) is 3.27. The first kappa shape index (κ1) is 11.6. The van der Waals surface area contributed by atoms with Crippen molar-refractivity contribution in [1.82, 2.24) is 4.90 Å². The summed E-state index contributed by atoms with van der Waals surface area (Å²) in [5, 5.41) is 0. The zero-order chi connectivity index (χ0) is 12.9. The van der Waals surface area contributed by atoms with E-state index >= 15 is 0 Å². The lowest BCUT2D eigenvalue weighted by atomic mass is 9.81. The molecule has 3 aliphatic rings. The standard InChI is InChI=1S/C12H15NO5/c1-2-17-8(14)5-13-11(15)9-6-3-4-7(18-6)10(9)12(13)16/h6-7,9-10H,2-5H2,1H3. The van der Waals surface area contributed by atoms with Gasteiger partial charge in [-0.2, -0.15) is 0 Å². The second-order valence-corrected chi connectivity index (χ2v) is 4.91. The number of carbonyl (C=O) groups excluding carboxylic acids is 3. The van der Waals surface area contributed by atoms with Gasteiger partial charge in [0.2, 0.25) is 11.8 Å². The average molecular weight is 253 g/mol. The molecule has 6 nitrogen and oxygen atoms in total. The van der Waals surface area contributed by atoms with Crippen LogP contribution < -0.4 is 0 Å². The highest BCUT2D eigenvalue weighted by Gasteiger charge is 2.62. The molecular formula is C12H15NO5. The molecule has 6 heteroatoms. The van der Waals surface area contributed by atoms with E-state index in [4.69, 9.17) is 9.47 Å². The molecule has 3 fully saturated rings. The van der Waals surface area contributed by atoms with Gasteiger partial charge in [-0.05, 0) is 19.8 Å². The number of hydrogen-bond acceptors (Lipinski definition) is 5. The number of carbonyl (C=O) groups is 3. The minimum absolute atomic E-state index is 0.136. The van der Waals surface area contributed by atoms with Crippen LogP contribution in [0, 0.1) is 11.8 Å². The molecule has 0 aromatic carbocycles. The number of fused-ring (bicyclic) bond motifs is 5. The Balaban J connectivity index is 1.76. The lowest BCUT2D eigenvalue weighted by Gasteiger charge is -2.16. The third-order valence-electron chi connectivity index (χ3n) is 3.97. The van der Waals surface area contributed by atoms with Crippen LogP contribution in [-0.2, 0) is 23.9 Å². The third kappa shape index (κ3) is 1.48. The molecule has 4 atom stereocenters. The fraction of sp³-hybridized carbons (Fsp3) is 0.750. The van der Waals surface area contributed by atoms with Crippen LogP contribution in [0.2, 0.25) is 0 Å². The second kappa shape index (κ2) is 4.05. The van der Waals surface area contributed by atoms with E-state index in [-0.39, 0.29) is 49.0 Å². The minimum Gasteiger partial charge on any atom is -0.465 e. The third-order valence-corrected chi connectivity index (χ3v) is 3.97. The van der Waals surface area contributed by atoms with Crippen molar-refractivity contribution < 1.29 is 23.9 Å². The highest BCUT2D eigenvalue weighted by molar-refractivity contribution is 6.08. The van der Waals surface area contributed by atoms with E-state index in [1.807, 2.05) is 0 Å². The Kier molecular flexibility index (Phi) is 2.62. The Morgan fingerprint density at radius 1 is 1.28 bits per heavy atom. The lowest BCUT2D eigenvalue weighted by Crippen LogP contribution is -2.38. The van der Waals surface area contributed by atoms with Gasteiger partial charge in [0.1, 0.15) is 6.54 Å². The van der Waals surface area contributed by atoms with E-state index in [1.54, 1.807) is 6.92 Å². The van der Waals surface area contributed by atoms with Crippen molar-refractivity contribution in [2.24, 2.45) is 11.8 Å². The maximum atomic E-state index is 12.1. The van der Waals surface area contributed by atoms with Gasteiger partial charge in [-0.1, -0.05) is 0 Å². The number of amides is 2. The summed E-state index contributed by atoms with van der Waals surface area (Å²) >= 11 is 0. The van der Waals surface area contributed by atoms with Gasteiger partial charge >= 0.3 is 5.97 Å². The van der Waals surface area contributed by atoms with Crippen molar-refractivity contribution >= 4 is 17.8 Å². The molecule has 3 heterocycles. The molecule has 0 N–H and O–H groups in total. The Labute approximate surface area is 104 Å². The van der Waals surface area contributed by atoms with Crippen LogP contribution in [0.15, 0.2) is 0 Å². The van der Waals surface area contributed by atoms with Gasteiger partial charge in [0, 0.05) is 0 Å². The summed E-state index contributed by atoms with van der Waals surface area (Å²) in [6.45, 7) is 1.67. The van der Waals surface area contributed by atoms with Crippen LogP contribution in [0.25, 0.3) is 0 Å². The molecule has 0 aromatic rings. The molecule has 0 spiro atoms. The summed E-state index contributed by atoms with van der Waals surface area (Å²) in [6.07, 6.45) is 1.39. The van der Waals surface area contributed by atoms with Gasteiger partial charge in [-0.15, -0.1) is 0 Å². The first-order valence-corrected chi connectivity index (χ1v) is 6.29. The van der Waals surface area contributed by atoms with Gasteiger partial charge in [0.25, 0.3) is 0 Å². The quantitative estimate of drug-likeness (QED) is 0.510. The average Bonchev–Trinajstić information content (AvgIpc) is 2.99. The minimum atomic E-state index is -0.535. The molecule has 0 saturated carbocycles. The number of esters is 1. The number of nitrogens with zero attached hydrogens (tertiary/aromatic N) is 1. The molecule has 3 aliphatic heterocycles. The van der Waals surface area contributed by atoms with Gasteiger partial charge < -0.3 is 9.47 Å². The maximum absolute atomic E-state index is 12.1. The fourth-order valence-corrected chi connectivity index (χ4v) is 3.27. The molecule has 18 heavy (non-hydrogen) atoms. The van der Waals surface area contributed by atoms with Crippen LogP contribution in [0.4, 0.5) is 0 Å². The molecule has 0 radical (unpaired) electrons. The molecular weight excluding hydrogens is 238 g/mol. The molecule has 3 rings (SSSR count). The summed E-state index contributed by atoms with van der Waals surface area (Å²) in [7, 11) is 0. The van der Waals surface area contributed by atoms with E-state index in [9.17, 15) is 14.4 Å². The van der Waals surface area contributed by atoms with Crippen molar-refractivity contribution in [2.75, 3.05) is 13.2 Å². The van der Waals surface area contributed by atoms with Crippen molar-refractivity contribution in [2.45, 2.75) is 32.0 Å². The number of hydrogen-bond donors (Lipinski definition) is 0. The van der Waals surface area contributed by atoms with Crippen LogP contribution in [0.3, 0.4) is 0 Å². The number of rotatable bonds is 3. The molecule has 4 unspecified atom stereocenters. The van der Waals surface area contributed by atoms with Crippen molar-refractivity contribution in [3.05, 3.63) is 0 Å². The van der Waals surface area contributed by atoms with Crippen LogP contribution in [0.5, 0.6) is 0 Å². The first-order chi connectivity index (χ1) is 8.63. The Hall–Kier alpha value is -1.43.